The first-order valence-electron chi connectivity index (χ1n) is 9.04. The summed E-state index contributed by atoms with van der Waals surface area (Å²) >= 11 is 0. The van der Waals surface area contributed by atoms with Gasteiger partial charge in [-0.05, 0) is 18.2 Å². The van der Waals surface area contributed by atoms with Crippen LogP contribution in [-0.4, -0.2) is 40.1 Å². The van der Waals surface area contributed by atoms with E-state index in [0.29, 0.717) is 24.4 Å². The Morgan fingerprint density at radius 1 is 1.14 bits per heavy atom. The van der Waals surface area contributed by atoms with Crippen LogP contribution >= 0.6 is 0 Å². The summed E-state index contributed by atoms with van der Waals surface area (Å²) in [5, 5.41) is 7.54. The zero-order chi connectivity index (χ0) is 19.5. The van der Waals surface area contributed by atoms with Crippen LogP contribution in [0.5, 0.6) is 5.75 Å². The number of H-pyrrole nitrogens is 1. The Bertz CT molecular complexity index is 1010. The minimum absolute atomic E-state index is 0.101. The minimum Gasteiger partial charge on any atom is -0.484 e. The Labute approximate surface area is 162 Å². The van der Waals surface area contributed by atoms with Gasteiger partial charge in [0, 0.05) is 41.9 Å². The maximum Gasteiger partial charge on any atom is 0.260 e. The number of nitrogens with one attached hydrogen (secondary N) is 1. The van der Waals surface area contributed by atoms with Gasteiger partial charge in [-0.25, -0.2) is 0 Å². The molecule has 2 amide bonds. The van der Waals surface area contributed by atoms with E-state index >= 15 is 0 Å². The van der Waals surface area contributed by atoms with Crippen molar-refractivity contribution in [3.05, 3.63) is 71.4 Å². The largest absolute Gasteiger partial charge is 0.484 e. The molecule has 0 bridgehead atoms. The number of nitrogens with zero attached hydrogens (tertiary/aromatic N) is 2. The second kappa shape index (κ2) is 7.56. The smallest absolute Gasteiger partial charge is 0.260 e. The summed E-state index contributed by atoms with van der Waals surface area (Å²) in [6, 6.07) is 16.4. The monoisotopic (exact) mass is 376 g/mol. The second-order valence-corrected chi connectivity index (χ2v) is 6.64. The highest BCUT2D eigenvalue weighted by Crippen LogP contribution is 2.28. The zero-order valence-corrected chi connectivity index (χ0v) is 15.2. The van der Waals surface area contributed by atoms with Gasteiger partial charge in [-0.2, -0.15) is 5.10 Å². The number of carbonyl (C=O) groups excluding carboxylic acids is 2. The number of aromatic amines is 1. The molecule has 1 aliphatic rings. The number of benzene rings is 2. The molecule has 4 rings (SSSR count). The molecule has 3 N–H and O–H groups in total. The van der Waals surface area contributed by atoms with Crippen LogP contribution in [0.4, 0.5) is 0 Å². The lowest BCUT2D eigenvalue weighted by Crippen LogP contribution is -2.38. The third kappa shape index (κ3) is 3.59. The van der Waals surface area contributed by atoms with Gasteiger partial charge in [0.2, 0.25) is 5.91 Å². The molecular formula is C21H20N4O3. The summed E-state index contributed by atoms with van der Waals surface area (Å²) < 4.78 is 5.57. The van der Waals surface area contributed by atoms with Crippen LogP contribution in [-0.2, 0) is 17.8 Å². The van der Waals surface area contributed by atoms with Crippen molar-refractivity contribution in [3.63, 3.8) is 0 Å². The Hall–Kier alpha value is -3.61. The van der Waals surface area contributed by atoms with Gasteiger partial charge in [-0.15, -0.1) is 0 Å². The highest BCUT2D eigenvalue weighted by molar-refractivity contribution is 5.93. The molecule has 2 heterocycles. The van der Waals surface area contributed by atoms with Gasteiger partial charge < -0.3 is 15.4 Å². The van der Waals surface area contributed by atoms with Crippen molar-refractivity contribution < 1.29 is 14.3 Å². The average Bonchev–Trinajstić information content (AvgIpc) is 3.16. The molecule has 3 aromatic rings. The Balaban J connectivity index is 1.44. The molecule has 7 heteroatoms. The number of rotatable bonds is 5. The van der Waals surface area contributed by atoms with Gasteiger partial charge >= 0.3 is 0 Å². The first-order valence-corrected chi connectivity index (χ1v) is 9.04. The number of nitrogens with two attached hydrogens (primary N) is 1. The number of hydrogen-bond acceptors (Lipinski definition) is 4. The van der Waals surface area contributed by atoms with E-state index in [-0.39, 0.29) is 12.5 Å². The van der Waals surface area contributed by atoms with Crippen LogP contribution in [0.3, 0.4) is 0 Å². The van der Waals surface area contributed by atoms with Crippen molar-refractivity contribution in [2.75, 3.05) is 13.2 Å². The van der Waals surface area contributed by atoms with Gasteiger partial charge in [0.1, 0.15) is 5.75 Å². The van der Waals surface area contributed by atoms with Crippen LogP contribution < -0.4 is 10.5 Å². The van der Waals surface area contributed by atoms with E-state index in [9.17, 15) is 9.59 Å². The molecule has 0 saturated carbocycles. The Morgan fingerprint density at radius 2 is 1.96 bits per heavy atom. The summed E-state index contributed by atoms with van der Waals surface area (Å²) in [6.45, 7) is 0.989. The molecule has 0 fully saturated rings. The van der Waals surface area contributed by atoms with Crippen molar-refractivity contribution in [2.45, 2.75) is 13.0 Å². The average molecular weight is 376 g/mol. The summed E-state index contributed by atoms with van der Waals surface area (Å²) in [5.74, 6) is -0.209. The standard InChI is InChI=1S/C21H20N4O3/c22-21(27)15-7-4-8-16(11-15)28-13-19(26)25-10-9-18-17(12-25)20(24-23-18)14-5-2-1-3-6-14/h1-8,11H,9-10,12-13H2,(H2,22,27)(H,23,24). The quantitative estimate of drug-likeness (QED) is 0.712. The molecule has 0 unspecified atom stereocenters. The van der Waals surface area contributed by atoms with E-state index in [0.717, 1.165) is 28.9 Å². The van der Waals surface area contributed by atoms with Crippen LogP contribution in [0.2, 0.25) is 0 Å². The fraction of sp³-hybridized carbons (Fsp3) is 0.190. The molecule has 1 aliphatic heterocycles. The first-order chi connectivity index (χ1) is 13.6. The Kier molecular flexibility index (Phi) is 4.80. The van der Waals surface area contributed by atoms with E-state index in [2.05, 4.69) is 10.2 Å². The highest BCUT2D eigenvalue weighted by atomic mass is 16.5. The molecule has 0 atom stereocenters. The molecule has 7 nitrogen and oxygen atoms in total. The van der Waals surface area contributed by atoms with Gasteiger partial charge in [0.25, 0.3) is 5.91 Å². The van der Waals surface area contributed by atoms with Gasteiger partial charge in [-0.3, -0.25) is 14.7 Å². The lowest BCUT2D eigenvalue weighted by molar-refractivity contribution is -0.134. The molecule has 0 radical (unpaired) electrons. The first kappa shape index (κ1) is 17.8. The third-order valence-electron chi connectivity index (χ3n) is 4.81. The van der Waals surface area contributed by atoms with E-state index in [1.807, 2.05) is 30.3 Å². The molecule has 142 valence electrons. The third-order valence-corrected chi connectivity index (χ3v) is 4.81. The molecule has 2 aromatic carbocycles. The van der Waals surface area contributed by atoms with Crippen LogP contribution in [0.25, 0.3) is 11.3 Å². The number of amides is 2. The van der Waals surface area contributed by atoms with E-state index < -0.39 is 5.91 Å². The predicted octanol–water partition coefficient (Wildman–Crippen LogP) is 2.14. The molecule has 1 aromatic heterocycles. The van der Waals surface area contributed by atoms with Gasteiger partial charge in [0.05, 0.1) is 5.69 Å². The topological polar surface area (TPSA) is 101 Å². The number of aromatic nitrogens is 2. The summed E-state index contributed by atoms with van der Waals surface area (Å²) in [5.41, 5.74) is 9.63. The predicted molar refractivity (Wildman–Crippen MR) is 104 cm³/mol. The van der Waals surface area contributed by atoms with Crippen molar-refractivity contribution in [1.82, 2.24) is 15.1 Å². The number of hydrogen-bond donors (Lipinski definition) is 2. The molecule has 0 saturated heterocycles. The van der Waals surface area contributed by atoms with Crippen LogP contribution in [0.1, 0.15) is 21.6 Å². The number of ether oxygens (including phenoxy) is 1. The van der Waals surface area contributed by atoms with Crippen molar-refractivity contribution in [1.29, 1.82) is 0 Å². The van der Waals surface area contributed by atoms with Crippen molar-refractivity contribution in [3.8, 4) is 17.0 Å². The van der Waals surface area contributed by atoms with E-state index in [1.165, 1.54) is 6.07 Å². The SMILES string of the molecule is NC(=O)c1cccc(OCC(=O)N2CCc3[nH]nc(-c4ccccc4)c3C2)c1. The van der Waals surface area contributed by atoms with E-state index in [4.69, 9.17) is 10.5 Å². The minimum atomic E-state index is -0.534. The summed E-state index contributed by atoms with van der Waals surface area (Å²) in [7, 11) is 0. The maximum absolute atomic E-state index is 12.6. The molecule has 0 aliphatic carbocycles. The Morgan fingerprint density at radius 3 is 2.75 bits per heavy atom. The van der Waals surface area contributed by atoms with Crippen molar-refractivity contribution >= 4 is 11.8 Å². The summed E-state index contributed by atoms with van der Waals surface area (Å²) in [6.07, 6.45) is 0.720. The molecular weight excluding hydrogens is 356 g/mol. The lowest BCUT2D eigenvalue weighted by atomic mass is 10.0. The molecule has 28 heavy (non-hydrogen) atoms. The fourth-order valence-corrected chi connectivity index (χ4v) is 3.32. The lowest BCUT2D eigenvalue weighted by Gasteiger charge is -2.27. The number of carbonyl (C=O) groups is 2. The highest BCUT2D eigenvalue weighted by Gasteiger charge is 2.25. The van der Waals surface area contributed by atoms with Crippen LogP contribution in [0, 0.1) is 0 Å². The zero-order valence-electron chi connectivity index (χ0n) is 15.2. The molecule has 0 spiro atoms. The number of primary amides is 1. The van der Waals surface area contributed by atoms with Crippen LogP contribution in [0.15, 0.2) is 54.6 Å². The van der Waals surface area contributed by atoms with E-state index in [1.54, 1.807) is 23.1 Å². The normalized spacial score (nSPS) is 13.1. The van der Waals surface area contributed by atoms with Gasteiger partial charge in [-0.1, -0.05) is 36.4 Å². The number of fused-ring (bicyclic) bond motifs is 1. The summed E-state index contributed by atoms with van der Waals surface area (Å²) in [4.78, 5) is 25.7. The fourth-order valence-electron chi connectivity index (χ4n) is 3.32. The van der Waals surface area contributed by atoms with Crippen molar-refractivity contribution in [2.24, 2.45) is 5.73 Å². The maximum atomic E-state index is 12.6. The second-order valence-electron chi connectivity index (χ2n) is 6.64. The van der Waals surface area contributed by atoms with Gasteiger partial charge in [0.15, 0.2) is 6.61 Å².